The Morgan fingerprint density at radius 2 is 2.20 bits per heavy atom. The SMILES string of the molecule is O=C1NC=CCC1c1cncn1-c1ccc(Cl)cc1Cl. The molecule has 1 amide bonds. The van der Waals surface area contributed by atoms with Crippen molar-refractivity contribution in [3.63, 3.8) is 0 Å². The van der Waals surface area contributed by atoms with Gasteiger partial charge in [-0.2, -0.15) is 0 Å². The molecule has 4 nitrogen and oxygen atoms in total. The van der Waals surface area contributed by atoms with Crippen LogP contribution in [0.5, 0.6) is 0 Å². The van der Waals surface area contributed by atoms with Gasteiger partial charge in [0.05, 0.1) is 28.6 Å². The highest BCUT2D eigenvalue weighted by molar-refractivity contribution is 6.35. The first-order chi connectivity index (χ1) is 9.66. The fourth-order valence-corrected chi connectivity index (χ4v) is 2.75. The van der Waals surface area contributed by atoms with E-state index in [9.17, 15) is 4.79 Å². The highest BCUT2D eigenvalue weighted by Crippen LogP contribution is 2.29. The highest BCUT2D eigenvalue weighted by Gasteiger charge is 2.25. The van der Waals surface area contributed by atoms with Crippen LogP contribution in [0.3, 0.4) is 0 Å². The van der Waals surface area contributed by atoms with E-state index >= 15 is 0 Å². The number of halogens is 2. The van der Waals surface area contributed by atoms with Gasteiger partial charge < -0.3 is 9.88 Å². The minimum atomic E-state index is -0.269. The van der Waals surface area contributed by atoms with Crippen molar-refractivity contribution in [3.05, 3.63) is 58.7 Å². The van der Waals surface area contributed by atoms with Gasteiger partial charge >= 0.3 is 0 Å². The Bertz CT molecular complexity index is 693. The van der Waals surface area contributed by atoms with E-state index in [1.807, 2.05) is 16.7 Å². The van der Waals surface area contributed by atoms with Crippen LogP contribution >= 0.6 is 23.2 Å². The Kier molecular flexibility index (Phi) is 3.51. The molecule has 1 aromatic heterocycles. The maximum absolute atomic E-state index is 12.0. The summed E-state index contributed by atoms with van der Waals surface area (Å²) < 4.78 is 1.82. The number of nitrogens with zero attached hydrogens (tertiary/aromatic N) is 2. The normalized spacial score (nSPS) is 18.1. The number of aromatic nitrogens is 2. The van der Waals surface area contributed by atoms with E-state index in [0.717, 1.165) is 11.4 Å². The Hall–Kier alpha value is -1.78. The Balaban J connectivity index is 2.06. The lowest BCUT2D eigenvalue weighted by Gasteiger charge is -2.19. The van der Waals surface area contributed by atoms with Crippen LogP contribution in [0.4, 0.5) is 0 Å². The lowest BCUT2D eigenvalue weighted by atomic mass is 9.98. The fraction of sp³-hybridized carbons (Fsp3) is 0.143. The Labute approximate surface area is 126 Å². The van der Waals surface area contributed by atoms with Crippen LogP contribution in [0.2, 0.25) is 10.0 Å². The number of hydrogen-bond acceptors (Lipinski definition) is 2. The second-order valence-electron chi connectivity index (χ2n) is 4.48. The van der Waals surface area contributed by atoms with Crippen LogP contribution in [0.1, 0.15) is 18.0 Å². The van der Waals surface area contributed by atoms with Crippen molar-refractivity contribution in [2.45, 2.75) is 12.3 Å². The topological polar surface area (TPSA) is 46.9 Å². The number of benzene rings is 1. The lowest BCUT2D eigenvalue weighted by molar-refractivity contribution is -0.122. The first-order valence-corrected chi connectivity index (χ1v) is 6.85. The molecule has 2 aromatic rings. The van der Waals surface area contributed by atoms with Crippen molar-refractivity contribution in [1.29, 1.82) is 0 Å². The molecule has 0 saturated heterocycles. The first-order valence-electron chi connectivity index (χ1n) is 6.10. The minimum Gasteiger partial charge on any atom is -0.332 e. The van der Waals surface area contributed by atoms with Gasteiger partial charge in [-0.1, -0.05) is 29.3 Å². The standard InChI is InChI=1S/C14H11Cl2N3O/c15-9-3-4-12(11(16)6-9)19-8-17-7-13(19)10-2-1-5-18-14(10)20/h1,3-8,10H,2H2,(H,18,20). The third-order valence-electron chi connectivity index (χ3n) is 3.23. The zero-order chi connectivity index (χ0) is 14.1. The average molecular weight is 308 g/mol. The summed E-state index contributed by atoms with van der Waals surface area (Å²) in [4.78, 5) is 16.1. The third kappa shape index (κ3) is 2.32. The van der Waals surface area contributed by atoms with Crippen molar-refractivity contribution in [1.82, 2.24) is 14.9 Å². The molecule has 1 atom stereocenters. The maximum Gasteiger partial charge on any atom is 0.233 e. The first kappa shape index (κ1) is 13.2. The van der Waals surface area contributed by atoms with E-state index in [-0.39, 0.29) is 11.8 Å². The van der Waals surface area contributed by atoms with Crippen LogP contribution in [-0.4, -0.2) is 15.5 Å². The number of imidazole rings is 1. The number of rotatable bonds is 2. The summed E-state index contributed by atoms with van der Waals surface area (Å²) >= 11 is 12.1. The van der Waals surface area contributed by atoms with Gasteiger partial charge in [-0.3, -0.25) is 4.79 Å². The molecule has 0 fully saturated rings. The summed E-state index contributed by atoms with van der Waals surface area (Å²) in [5.74, 6) is -0.311. The zero-order valence-electron chi connectivity index (χ0n) is 10.4. The maximum atomic E-state index is 12.0. The molecule has 0 radical (unpaired) electrons. The predicted octanol–water partition coefficient (Wildman–Crippen LogP) is 3.30. The average Bonchev–Trinajstić information content (AvgIpc) is 2.88. The van der Waals surface area contributed by atoms with E-state index in [2.05, 4.69) is 10.3 Å². The molecule has 0 aliphatic carbocycles. The van der Waals surface area contributed by atoms with Crippen molar-refractivity contribution < 1.29 is 4.79 Å². The van der Waals surface area contributed by atoms with Gasteiger partial charge in [0.15, 0.2) is 0 Å². The monoisotopic (exact) mass is 307 g/mol. The number of carbonyl (C=O) groups excluding carboxylic acids is 1. The minimum absolute atomic E-state index is 0.0423. The molecule has 1 aliphatic heterocycles. The molecular formula is C14H11Cl2N3O. The fourth-order valence-electron chi connectivity index (χ4n) is 2.25. The Morgan fingerprint density at radius 1 is 1.35 bits per heavy atom. The van der Waals surface area contributed by atoms with Gasteiger partial charge in [0, 0.05) is 11.2 Å². The van der Waals surface area contributed by atoms with Crippen LogP contribution in [-0.2, 0) is 4.79 Å². The van der Waals surface area contributed by atoms with Crippen molar-refractivity contribution in [2.24, 2.45) is 0 Å². The molecule has 0 saturated carbocycles. The number of allylic oxidation sites excluding steroid dienone is 1. The van der Waals surface area contributed by atoms with E-state index in [1.54, 1.807) is 30.9 Å². The lowest BCUT2D eigenvalue weighted by Crippen LogP contribution is -2.29. The number of carbonyl (C=O) groups is 1. The second-order valence-corrected chi connectivity index (χ2v) is 5.33. The van der Waals surface area contributed by atoms with E-state index < -0.39 is 0 Å². The van der Waals surface area contributed by atoms with E-state index in [1.165, 1.54) is 0 Å². The zero-order valence-corrected chi connectivity index (χ0v) is 11.9. The largest absolute Gasteiger partial charge is 0.332 e. The van der Waals surface area contributed by atoms with Crippen molar-refractivity contribution in [2.75, 3.05) is 0 Å². The van der Waals surface area contributed by atoms with Crippen molar-refractivity contribution >= 4 is 29.1 Å². The molecule has 0 spiro atoms. The van der Waals surface area contributed by atoms with E-state index in [4.69, 9.17) is 23.2 Å². The van der Waals surface area contributed by atoms with Crippen molar-refractivity contribution in [3.8, 4) is 5.69 Å². The van der Waals surface area contributed by atoms with Gasteiger partial charge in [-0.15, -0.1) is 0 Å². The van der Waals surface area contributed by atoms with E-state index in [0.29, 0.717) is 16.5 Å². The van der Waals surface area contributed by atoms with Crippen LogP contribution in [0.15, 0.2) is 43.0 Å². The summed E-state index contributed by atoms with van der Waals surface area (Å²) in [5.41, 5.74) is 1.56. The van der Waals surface area contributed by atoms with Gasteiger partial charge in [-0.05, 0) is 30.8 Å². The number of hydrogen-bond donors (Lipinski definition) is 1. The predicted molar refractivity (Wildman–Crippen MR) is 78.2 cm³/mol. The van der Waals surface area contributed by atoms with Gasteiger partial charge in [-0.25, -0.2) is 4.98 Å². The number of amides is 1. The molecule has 102 valence electrons. The summed E-state index contributed by atoms with van der Waals surface area (Å²) in [7, 11) is 0. The van der Waals surface area contributed by atoms with Crippen LogP contribution < -0.4 is 5.32 Å². The second kappa shape index (κ2) is 5.31. The summed E-state index contributed by atoms with van der Waals surface area (Å²) in [6.07, 6.45) is 7.56. The molecule has 3 rings (SSSR count). The smallest absolute Gasteiger partial charge is 0.233 e. The third-order valence-corrected chi connectivity index (χ3v) is 3.76. The summed E-state index contributed by atoms with van der Waals surface area (Å²) in [5, 5.41) is 3.79. The quantitative estimate of drug-likeness (QED) is 0.925. The Morgan fingerprint density at radius 3 is 2.95 bits per heavy atom. The van der Waals surface area contributed by atoms with Crippen LogP contribution in [0, 0.1) is 0 Å². The van der Waals surface area contributed by atoms with Crippen LogP contribution in [0.25, 0.3) is 5.69 Å². The summed E-state index contributed by atoms with van der Waals surface area (Å²) in [6, 6.07) is 5.24. The van der Waals surface area contributed by atoms with Gasteiger partial charge in [0.25, 0.3) is 0 Å². The molecular weight excluding hydrogens is 297 g/mol. The molecule has 0 bridgehead atoms. The highest BCUT2D eigenvalue weighted by atomic mass is 35.5. The number of nitrogens with one attached hydrogen (secondary N) is 1. The molecule has 1 aliphatic rings. The molecule has 1 N–H and O–H groups in total. The molecule has 2 heterocycles. The molecule has 6 heteroatoms. The van der Waals surface area contributed by atoms with Gasteiger partial charge in [0.2, 0.25) is 5.91 Å². The molecule has 1 aromatic carbocycles. The van der Waals surface area contributed by atoms with Gasteiger partial charge in [0.1, 0.15) is 0 Å². The summed E-state index contributed by atoms with van der Waals surface area (Å²) in [6.45, 7) is 0. The molecule has 20 heavy (non-hydrogen) atoms. The molecule has 1 unspecified atom stereocenters.